The summed E-state index contributed by atoms with van der Waals surface area (Å²) < 4.78 is 13.8. The van der Waals surface area contributed by atoms with Gasteiger partial charge in [0.05, 0.1) is 5.52 Å². The maximum atomic E-state index is 13.8. The lowest BCUT2D eigenvalue weighted by molar-refractivity contribution is -0.126. The number of aliphatic hydroxyl groups is 1. The number of hydrogen-bond acceptors (Lipinski definition) is 4. The minimum Gasteiger partial charge on any atom is -0.383 e. The highest BCUT2D eigenvalue weighted by molar-refractivity contribution is 5.93. The molecule has 2 N–H and O–H groups in total. The molecule has 2 heterocycles. The van der Waals surface area contributed by atoms with Gasteiger partial charge in [-0.3, -0.25) is 9.78 Å². The van der Waals surface area contributed by atoms with Gasteiger partial charge in [0.25, 0.3) is 5.91 Å². The van der Waals surface area contributed by atoms with Crippen LogP contribution >= 0.6 is 0 Å². The zero-order chi connectivity index (χ0) is 22.2. The molecule has 0 spiro atoms. The fraction of sp³-hybridized carbons (Fsp3) is 0.346. The molecule has 1 aromatic carbocycles. The highest BCUT2D eigenvalue weighted by Gasteiger charge is 2.45. The van der Waals surface area contributed by atoms with Crippen LogP contribution in [-0.2, 0) is 4.79 Å². The molecule has 2 aliphatic carbocycles. The Labute approximate surface area is 186 Å². The third-order valence-electron chi connectivity index (χ3n) is 7.13. The summed E-state index contributed by atoms with van der Waals surface area (Å²) in [6.45, 7) is 0. The molecule has 5 nitrogen and oxygen atoms in total. The number of fused-ring (bicyclic) bond motifs is 2. The molecule has 0 aliphatic heterocycles. The largest absolute Gasteiger partial charge is 0.383 e. The van der Waals surface area contributed by atoms with Gasteiger partial charge in [-0.05, 0) is 91.3 Å². The molecule has 5 rings (SSSR count). The first kappa shape index (κ1) is 20.6. The lowest BCUT2D eigenvalue weighted by Crippen LogP contribution is -2.34. The molecule has 32 heavy (non-hydrogen) atoms. The smallest absolute Gasteiger partial charge is 0.254 e. The molecule has 162 valence electrons. The maximum absolute atomic E-state index is 13.8. The Kier molecular flexibility index (Phi) is 5.36. The van der Waals surface area contributed by atoms with E-state index in [1.807, 2.05) is 6.07 Å². The van der Waals surface area contributed by atoms with Crippen LogP contribution in [-0.4, -0.2) is 27.1 Å². The van der Waals surface area contributed by atoms with Gasteiger partial charge in [-0.1, -0.05) is 5.92 Å². The second kappa shape index (κ2) is 8.33. The molecular weight excluding hydrogens is 405 g/mol. The summed E-state index contributed by atoms with van der Waals surface area (Å²) in [5.74, 6) is 3.38. The minimum atomic E-state index is -1.07. The Bertz CT molecular complexity index is 1190. The van der Waals surface area contributed by atoms with E-state index < -0.39 is 12.0 Å². The van der Waals surface area contributed by atoms with Crippen LogP contribution in [0.5, 0.6) is 0 Å². The molecule has 2 aromatic heterocycles. The predicted octanol–water partition coefficient (Wildman–Crippen LogP) is 4.27. The maximum Gasteiger partial charge on any atom is 0.254 e. The Balaban J connectivity index is 1.23. The average Bonchev–Trinajstić information content (AvgIpc) is 3.38. The van der Waals surface area contributed by atoms with E-state index in [1.54, 1.807) is 30.5 Å². The molecule has 3 aromatic rings. The van der Waals surface area contributed by atoms with E-state index in [1.165, 1.54) is 12.3 Å². The van der Waals surface area contributed by atoms with Crippen LogP contribution in [0.2, 0.25) is 0 Å². The van der Waals surface area contributed by atoms with Crippen LogP contribution in [0, 0.1) is 35.9 Å². The second-order valence-corrected chi connectivity index (χ2v) is 8.99. The number of aliphatic hydroxyl groups excluding tert-OH is 1. The second-order valence-electron chi connectivity index (χ2n) is 8.99. The van der Waals surface area contributed by atoms with Crippen molar-refractivity contribution in [1.29, 1.82) is 0 Å². The minimum absolute atomic E-state index is 0.0671. The van der Waals surface area contributed by atoms with Crippen molar-refractivity contribution >= 4 is 22.6 Å². The van der Waals surface area contributed by atoms with Gasteiger partial charge in [0.1, 0.15) is 17.7 Å². The van der Waals surface area contributed by atoms with Gasteiger partial charge in [0.2, 0.25) is 0 Å². The van der Waals surface area contributed by atoms with Crippen molar-refractivity contribution in [2.45, 2.75) is 37.7 Å². The van der Waals surface area contributed by atoms with Gasteiger partial charge in [0.15, 0.2) is 0 Å². The van der Waals surface area contributed by atoms with E-state index in [2.05, 4.69) is 21.2 Å². The summed E-state index contributed by atoms with van der Waals surface area (Å²) in [6.07, 6.45) is 11.2. The van der Waals surface area contributed by atoms with E-state index in [0.717, 1.165) is 42.1 Å². The van der Waals surface area contributed by atoms with Gasteiger partial charge in [-0.25, -0.2) is 9.37 Å². The van der Waals surface area contributed by atoms with Crippen molar-refractivity contribution < 1.29 is 14.3 Å². The normalized spacial score (nSPS) is 25.3. The summed E-state index contributed by atoms with van der Waals surface area (Å²) in [6, 6.07) is 10.1. The molecule has 2 saturated carbocycles. The van der Waals surface area contributed by atoms with Gasteiger partial charge >= 0.3 is 0 Å². The van der Waals surface area contributed by atoms with Crippen molar-refractivity contribution in [3.8, 4) is 12.3 Å². The fourth-order valence-electron chi connectivity index (χ4n) is 5.64. The summed E-state index contributed by atoms with van der Waals surface area (Å²) in [5.41, 5.74) is 2.60. The van der Waals surface area contributed by atoms with Crippen LogP contribution < -0.4 is 5.32 Å². The number of carbonyl (C=O) groups excluding carboxylic acids is 1. The van der Waals surface area contributed by atoms with Crippen molar-refractivity contribution in [1.82, 2.24) is 9.97 Å². The number of nitrogens with one attached hydrogen (secondary N) is 1. The number of terminal acetylenes is 1. The monoisotopic (exact) mass is 429 g/mol. The molecule has 0 radical (unpaired) electrons. The molecule has 5 atom stereocenters. The van der Waals surface area contributed by atoms with Crippen molar-refractivity contribution in [2.24, 2.45) is 17.8 Å². The Morgan fingerprint density at radius 2 is 1.91 bits per heavy atom. The average molecular weight is 429 g/mol. The number of nitrogens with zero attached hydrogens (tertiary/aromatic N) is 2. The number of rotatable bonds is 4. The molecule has 6 heteroatoms. The van der Waals surface area contributed by atoms with Gasteiger partial charge in [-0.2, -0.15) is 0 Å². The number of halogens is 1. The molecule has 0 bridgehead atoms. The first-order valence-corrected chi connectivity index (χ1v) is 11.0. The van der Waals surface area contributed by atoms with Crippen molar-refractivity contribution in [3.63, 3.8) is 0 Å². The summed E-state index contributed by atoms with van der Waals surface area (Å²) in [4.78, 5) is 21.0. The molecular formula is C26H24FN3O2. The van der Waals surface area contributed by atoms with Gasteiger partial charge in [-0.15, -0.1) is 6.42 Å². The third kappa shape index (κ3) is 3.85. The SMILES string of the molecule is C#Cc1ccc(NC(=O)C(O)C2C[C@H]3CC(c4ccnc5ccc(F)cc45)C[C@H]3C2)nc1. The van der Waals surface area contributed by atoms with E-state index in [9.17, 15) is 14.3 Å². The third-order valence-corrected chi connectivity index (χ3v) is 7.13. The summed E-state index contributed by atoms with van der Waals surface area (Å²) >= 11 is 0. The first-order chi connectivity index (χ1) is 15.5. The van der Waals surface area contributed by atoms with Gasteiger partial charge in [0, 0.05) is 23.3 Å². The topological polar surface area (TPSA) is 75.1 Å². The molecule has 1 amide bonds. The van der Waals surface area contributed by atoms with E-state index in [0.29, 0.717) is 29.1 Å². The fourth-order valence-corrected chi connectivity index (χ4v) is 5.64. The molecule has 2 aliphatic rings. The van der Waals surface area contributed by atoms with Crippen LogP contribution in [0.25, 0.3) is 10.9 Å². The molecule has 2 fully saturated rings. The van der Waals surface area contributed by atoms with Crippen LogP contribution in [0.4, 0.5) is 10.2 Å². The highest BCUT2D eigenvalue weighted by Crippen LogP contribution is 2.53. The summed E-state index contributed by atoms with van der Waals surface area (Å²) in [5, 5.41) is 14.2. The lowest BCUT2D eigenvalue weighted by Gasteiger charge is -2.20. The number of benzene rings is 1. The van der Waals surface area contributed by atoms with Crippen LogP contribution in [0.15, 0.2) is 48.8 Å². The number of amides is 1. The predicted molar refractivity (Wildman–Crippen MR) is 120 cm³/mol. The summed E-state index contributed by atoms with van der Waals surface area (Å²) in [7, 11) is 0. The Morgan fingerprint density at radius 3 is 2.59 bits per heavy atom. The number of pyridine rings is 2. The van der Waals surface area contributed by atoms with E-state index in [4.69, 9.17) is 6.42 Å². The zero-order valence-electron chi connectivity index (χ0n) is 17.5. The zero-order valence-corrected chi connectivity index (χ0v) is 17.5. The van der Waals surface area contributed by atoms with Crippen molar-refractivity contribution in [3.05, 3.63) is 65.7 Å². The quantitative estimate of drug-likeness (QED) is 0.608. The number of aromatic nitrogens is 2. The Morgan fingerprint density at radius 1 is 1.12 bits per heavy atom. The molecule has 0 saturated heterocycles. The number of hydrogen-bond donors (Lipinski definition) is 2. The van der Waals surface area contributed by atoms with Crippen LogP contribution in [0.3, 0.4) is 0 Å². The van der Waals surface area contributed by atoms with Crippen LogP contribution in [0.1, 0.15) is 42.7 Å². The van der Waals surface area contributed by atoms with Crippen molar-refractivity contribution in [2.75, 3.05) is 5.32 Å². The molecule has 3 unspecified atom stereocenters. The van der Waals surface area contributed by atoms with E-state index >= 15 is 0 Å². The standard InChI is InChI=1S/C26H24FN3O2/c1-2-15-3-6-24(29-14-15)30-26(32)25(31)19-11-16-9-18(10-17(16)12-19)21-7-8-28-23-5-4-20(27)13-22(21)23/h1,3-8,13-14,16-19,25,31H,9-12H2,(H,29,30,32)/t16-,17+,18?,19?,25?. The van der Waals surface area contributed by atoms with Gasteiger partial charge < -0.3 is 10.4 Å². The lowest BCUT2D eigenvalue weighted by atomic mass is 9.89. The first-order valence-electron chi connectivity index (χ1n) is 11.0. The highest BCUT2D eigenvalue weighted by atomic mass is 19.1. The van der Waals surface area contributed by atoms with E-state index in [-0.39, 0.29) is 11.7 Å². The Hall–Kier alpha value is -3.30. The number of carbonyl (C=O) groups is 1. The number of anilines is 1.